The number of aromatic nitrogens is 2. The fourth-order valence-corrected chi connectivity index (χ4v) is 1.87. The van der Waals surface area contributed by atoms with Gasteiger partial charge in [-0.2, -0.15) is 4.98 Å². The zero-order valence-electron chi connectivity index (χ0n) is 12.1. The Bertz CT molecular complexity index is 374. The van der Waals surface area contributed by atoms with Gasteiger partial charge in [-0.25, -0.2) is 4.98 Å². The number of ether oxygens (including phenoxy) is 3. The van der Waals surface area contributed by atoms with E-state index in [-0.39, 0.29) is 6.04 Å². The number of hydrogen-bond acceptors (Lipinski definition) is 6. The highest BCUT2D eigenvalue weighted by Gasteiger charge is 2.18. The lowest BCUT2D eigenvalue weighted by Gasteiger charge is -2.19. The molecule has 0 aliphatic carbocycles. The summed E-state index contributed by atoms with van der Waals surface area (Å²) in [5.41, 5.74) is 0.807. The van der Waals surface area contributed by atoms with Gasteiger partial charge in [-0.3, -0.25) is 0 Å². The minimum atomic E-state index is 0.105. The summed E-state index contributed by atoms with van der Waals surface area (Å²) in [7, 11) is 4.85. The molecule has 0 aliphatic heterocycles. The highest BCUT2D eigenvalue weighted by molar-refractivity contribution is 5.25. The summed E-state index contributed by atoms with van der Waals surface area (Å²) < 4.78 is 15.4. The standard InChI is InChI=1S/C13H23N3O3/c1-5-14-10(7-6-8-17-2)12-13(19-4)16-11(18-3)9-15-12/h9-10,14H,5-8H2,1-4H3. The van der Waals surface area contributed by atoms with Crippen LogP contribution in [-0.4, -0.2) is 44.4 Å². The second kappa shape index (κ2) is 8.66. The molecule has 0 amide bonds. The van der Waals surface area contributed by atoms with E-state index < -0.39 is 0 Å². The molecule has 19 heavy (non-hydrogen) atoms. The first-order chi connectivity index (χ1) is 9.26. The summed E-state index contributed by atoms with van der Waals surface area (Å²) in [5.74, 6) is 0.954. The van der Waals surface area contributed by atoms with Crippen LogP contribution in [0.25, 0.3) is 0 Å². The third kappa shape index (κ3) is 4.65. The van der Waals surface area contributed by atoms with Gasteiger partial charge in [0.1, 0.15) is 5.69 Å². The Labute approximate surface area is 114 Å². The first-order valence-electron chi connectivity index (χ1n) is 6.44. The third-order valence-corrected chi connectivity index (χ3v) is 2.77. The molecule has 0 spiro atoms. The Balaban J connectivity index is 2.87. The molecule has 6 nitrogen and oxygen atoms in total. The van der Waals surface area contributed by atoms with Crippen LogP contribution in [0, 0.1) is 0 Å². The van der Waals surface area contributed by atoms with Gasteiger partial charge in [0.2, 0.25) is 11.8 Å². The van der Waals surface area contributed by atoms with Gasteiger partial charge in [0.25, 0.3) is 0 Å². The van der Waals surface area contributed by atoms with Crippen molar-refractivity contribution in [2.24, 2.45) is 0 Å². The van der Waals surface area contributed by atoms with E-state index in [1.165, 1.54) is 0 Å². The largest absolute Gasteiger partial charge is 0.480 e. The topological polar surface area (TPSA) is 65.5 Å². The zero-order chi connectivity index (χ0) is 14.1. The van der Waals surface area contributed by atoms with Crippen LogP contribution in [0.3, 0.4) is 0 Å². The van der Waals surface area contributed by atoms with Crippen molar-refractivity contribution in [3.05, 3.63) is 11.9 Å². The van der Waals surface area contributed by atoms with Crippen molar-refractivity contribution >= 4 is 0 Å². The van der Waals surface area contributed by atoms with Crippen molar-refractivity contribution in [2.45, 2.75) is 25.8 Å². The van der Waals surface area contributed by atoms with Crippen molar-refractivity contribution in [1.29, 1.82) is 0 Å². The summed E-state index contributed by atoms with van der Waals surface area (Å²) in [6.45, 7) is 3.65. The van der Waals surface area contributed by atoms with E-state index in [9.17, 15) is 0 Å². The molecule has 1 heterocycles. The van der Waals surface area contributed by atoms with Crippen molar-refractivity contribution in [3.8, 4) is 11.8 Å². The SMILES string of the molecule is CCNC(CCCOC)c1ncc(OC)nc1OC. The van der Waals surface area contributed by atoms with E-state index in [4.69, 9.17) is 14.2 Å². The Hall–Kier alpha value is -1.40. The van der Waals surface area contributed by atoms with Crippen LogP contribution in [0.1, 0.15) is 31.5 Å². The highest BCUT2D eigenvalue weighted by Crippen LogP contribution is 2.26. The summed E-state index contributed by atoms with van der Waals surface area (Å²) in [6, 6.07) is 0.105. The van der Waals surface area contributed by atoms with E-state index in [1.807, 2.05) is 0 Å². The molecule has 0 aliphatic rings. The van der Waals surface area contributed by atoms with E-state index >= 15 is 0 Å². The average Bonchev–Trinajstić information content (AvgIpc) is 2.46. The highest BCUT2D eigenvalue weighted by atomic mass is 16.5. The minimum absolute atomic E-state index is 0.105. The molecule has 1 aromatic rings. The summed E-state index contributed by atoms with van der Waals surface area (Å²) in [4.78, 5) is 8.67. The molecule has 0 bridgehead atoms. The van der Waals surface area contributed by atoms with Crippen LogP contribution in [-0.2, 0) is 4.74 Å². The number of nitrogens with one attached hydrogen (secondary N) is 1. The molecule has 1 rings (SSSR count). The molecule has 1 aromatic heterocycles. The first kappa shape index (κ1) is 15.7. The molecular formula is C13H23N3O3. The maximum atomic E-state index is 5.30. The van der Waals surface area contributed by atoms with Gasteiger partial charge in [0.05, 0.1) is 26.5 Å². The second-order valence-electron chi connectivity index (χ2n) is 4.05. The quantitative estimate of drug-likeness (QED) is 0.686. The predicted molar refractivity (Wildman–Crippen MR) is 72.7 cm³/mol. The fraction of sp³-hybridized carbons (Fsp3) is 0.692. The minimum Gasteiger partial charge on any atom is -0.480 e. The molecule has 1 N–H and O–H groups in total. The van der Waals surface area contributed by atoms with E-state index in [1.54, 1.807) is 27.5 Å². The van der Waals surface area contributed by atoms with Gasteiger partial charge in [-0.05, 0) is 19.4 Å². The van der Waals surface area contributed by atoms with Gasteiger partial charge in [0.15, 0.2) is 0 Å². The van der Waals surface area contributed by atoms with Crippen LogP contribution in [0.5, 0.6) is 11.8 Å². The molecule has 0 fully saturated rings. The molecule has 1 unspecified atom stereocenters. The van der Waals surface area contributed by atoms with Crippen LogP contribution in [0.2, 0.25) is 0 Å². The summed E-state index contributed by atoms with van der Waals surface area (Å²) in [6.07, 6.45) is 3.47. The van der Waals surface area contributed by atoms with E-state index in [2.05, 4.69) is 22.2 Å². The smallest absolute Gasteiger partial charge is 0.240 e. The van der Waals surface area contributed by atoms with Gasteiger partial charge in [-0.15, -0.1) is 0 Å². The van der Waals surface area contributed by atoms with Crippen molar-refractivity contribution in [2.75, 3.05) is 34.5 Å². The predicted octanol–water partition coefficient (Wildman–Crippen LogP) is 1.57. The zero-order valence-corrected chi connectivity index (χ0v) is 12.1. The Morgan fingerprint density at radius 3 is 2.63 bits per heavy atom. The van der Waals surface area contributed by atoms with Gasteiger partial charge in [0, 0.05) is 13.7 Å². The number of rotatable bonds is 9. The van der Waals surface area contributed by atoms with Crippen LogP contribution < -0.4 is 14.8 Å². The van der Waals surface area contributed by atoms with Crippen molar-refractivity contribution in [3.63, 3.8) is 0 Å². The Morgan fingerprint density at radius 1 is 1.26 bits per heavy atom. The molecule has 0 aromatic carbocycles. The molecule has 1 atom stereocenters. The molecular weight excluding hydrogens is 246 g/mol. The average molecular weight is 269 g/mol. The van der Waals surface area contributed by atoms with Gasteiger partial charge >= 0.3 is 0 Å². The van der Waals surface area contributed by atoms with Crippen LogP contribution in [0.4, 0.5) is 0 Å². The van der Waals surface area contributed by atoms with E-state index in [0.717, 1.165) is 31.7 Å². The Morgan fingerprint density at radius 2 is 2.05 bits per heavy atom. The monoisotopic (exact) mass is 269 g/mol. The second-order valence-corrected chi connectivity index (χ2v) is 4.05. The molecule has 0 saturated carbocycles. The summed E-state index contributed by atoms with van der Waals surface area (Å²) in [5, 5.41) is 3.39. The molecule has 0 radical (unpaired) electrons. The van der Waals surface area contributed by atoms with Crippen LogP contribution in [0.15, 0.2) is 6.20 Å². The van der Waals surface area contributed by atoms with E-state index in [0.29, 0.717) is 11.8 Å². The number of methoxy groups -OCH3 is 3. The van der Waals surface area contributed by atoms with Gasteiger partial charge in [-0.1, -0.05) is 6.92 Å². The number of nitrogens with zero attached hydrogens (tertiary/aromatic N) is 2. The lowest BCUT2D eigenvalue weighted by Crippen LogP contribution is -2.23. The number of hydrogen-bond donors (Lipinski definition) is 1. The van der Waals surface area contributed by atoms with Crippen molar-refractivity contribution in [1.82, 2.24) is 15.3 Å². The lowest BCUT2D eigenvalue weighted by molar-refractivity contribution is 0.188. The summed E-state index contributed by atoms with van der Waals surface area (Å²) >= 11 is 0. The first-order valence-corrected chi connectivity index (χ1v) is 6.44. The fourth-order valence-electron chi connectivity index (χ4n) is 1.87. The van der Waals surface area contributed by atoms with Crippen molar-refractivity contribution < 1.29 is 14.2 Å². The van der Waals surface area contributed by atoms with Gasteiger partial charge < -0.3 is 19.5 Å². The molecule has 108 valence electrons. The Kier molecular flexibility index (Phi) is 7.14. The molecule has 6 heteroatoms. The maximum Gasteiger partial charge on any atom is 0.240 e. The molecule has 0 saturated heterocycles. The maximum absolute atomic E-state index is 5.30. The van der Waals surface area contributed by atoms with Crippen LogP contribution >= 0.6 is 0 Å². The third-order valence-electron chi connectivity index (χ3n) is 2.77. The normalized spacial score (nSPS) is 12.2. The lowest BCUT2D eigenvalue weighted by atomic mass is 10.1.